The number of hydrogen-bond acceptors (Lipinski definition) is 4. The van der Waals surface area contributed by atoms with Crippen LogP contribution in [-0.4, -0.2) is 56.7 Å². The maximum absolute atomic E-state index is 12.9. The number of nitrogens with zero attached hydrogens (tertiary/aromatic N) is 1. The molecule has 2 fully saturated rings. The molecule has 6 nitrogen and oxygen atoms in total. The van der Waals surface area contributed by atoms with Crippen LogP contribution in [0, 0.1) is 11.8 Å². The summed E-state index contributed by atoms with van der Waals surface area (Å²) in [4.78, 5) is 28.2. The van der Waals surface area contributed by atoms with Gasteiger partial charge in [0.05, 0.1) is 32.7 Å². The molecule has 1 aromatic rings. The van der Waals surface area contributed by atoms with Gasteiger partial charge in [0.2, 0.25) is 5.91 Å². The number of ether oxygens (including phenoxy) is 2. The van der Waals surface area contributed by atoms with Crippen molar-refractivity contribution in [2.24, 2.45) is 11.8 Å². The second-order valence-corrected chi connectivity index (χ2v) is 7.86. The second kappa shape index (κ2) is 9.92. The van der Waals surface area contributed by atoms with Crippen molar-refractivity contribution in [3.63, 3.8) is 0 Å². The van der Waals surface area contributed by atoms with E-state index < -0.39 is 0 Å². The van der Waals surface area contributed by atoms with Crippen LogP contribution < -0.4 is 9.64 Å². The summed E-state index contributed by atoms with van der Waals surface area (Å²) in [6.45, 7) is 6.57. The van der Waals surface area contributed by atoms with Crippen LogP contribution in [-0.2, 0) is 20.9 Å². The van der Waals surface area contributed by atoms with Gasteiger partial charge in [-0.25, -0.2) is 0 Å². The van der Waals surface area contributed by atoms with Crippen molar-refractivity contribution < 1.29 is 24.0 Å². The fourth-order valence-electron chi connectivity index (χ4n) is 4.42. The summed E-state index contributed by atoms with van der Waals surface area (Å²) < 4.78 is 10.6. The third kappa shape index (κ3) is 5.04. The molecule has 1 amide bonds. The number of quaternary nitrogens is 1. The van der Waals surface area contributed by atoms with Gasteiger partial charge in [0, 0.05) is 37.4 Å². The molecule has 0 saturated carbocycles. The van der Waals surface area contributed by atoms with Gasteiger partial charge in [-0.15, -0.1) is 0 Å². The molecule has 1 N–H and O–H groups in total. The Morgan fingerprint density at radius 3 is 2.39 bits per heavy atom. The number of methoxy groups -OCH3 is 1. The predicted molar refractivity (Wildman–Crippen MR) is 106 cm³/mol. The van der Waals surface area contributed by atoms with Gasteiger partial charge in [-0.1, -0.05) is 12.1 Å². The van der Waals surface area contributed by atoms with Gasteiger partial charge in [-0.05, 0) is 31.9 Å². The predicted octanol–water partition coefficient (Wildman–Crippen LogP) is 1.29. The molecule has 0 aliphatic carbocycles. The lowest BCUT2D eigenvalue weighted by molar-refractivity contribution is -0.919. The molecule has 28 heavy (non-hydrogen) atoms. The molecule has 2 heterocycles. The third-order valence-corrected chi connectivity index (χ3v) is 6.10. The molecule has 2 aliphatic heterocycles. The number of rotatable bonds is 6. The zero-order chi connectivity index (χ0) is 19.9. The molecule has 2 aliphatic rings. The number of esters is 1. The van der Waals surface area contributed by atoms with E-state index in [0.717, 1.165) is 51.1 Å². The van der Waals surface area contributed by atoms with Crippen LogP contribution in [0.1, 0.15) is 38.2 Å². The maximum atomic E-state index is 12.9. The molecule has 0 spiro atoms. The number of carbonyl (C=O) groups is 2. The highest BCUT2D eigenvalue weighted by atomic mass is 16.5. The largest absolute Gasteiger partial charge is 0.496 e. The number of benzene rings is 1. The molecule has 6 heteroatoms. The number of amides is 1. The first-order valence-electron chi connectivity index (χ1n) is 10.5. The Kier molecular flexibility index (Phi) is 7.31. The lowest BCUT2D eigenvalue weighted by Gasteiger charge is -2.35. The van der Waals surface area contributed by atoms with Gasteiger partial charge in [-0.2, -0.15) is 0 Å². The first-order chi connectivity index (χ1) is 13.6. The third-order valence-electron chi connectivity index (χ3n) is 6.10. The second-order valence-electron chi connectivity index (χ2n) is 7.86. The number of para-hydroxylation sites is 1. The van der Waals surface area contributed by atoms with E-state index in [9.17, 15) is 9.59 Å². The van der Waals surface area contributed by atoms with Crippen molar-refractivity contribution >= 4 is 11.9 Å². The molecule has 0 radical (unpaired) electrons. The minimum absolute atomic E-state index is 0.0452. The Morgan fingerprint density at radius 1 is 1.07 bits per heavy atom. The number of piperidine rings is 2. The van der Waals surface area contributed by atoms with E-state index in [1.807, 2.05) is 30.0 Å². The van der Waals surface area contributed by atoms with Gasteiger partial charge in [0.1, 0.15) is 12.3 Å². The normalized spacial score (nSPS) is 23.3. The minimum atomic E-state index is -0.108. The Hall–Kier alpha value is -2.08. The Morgan fingerprint density at radius 2 is 1.75 bits per heavy atom. The summed E-state index contributed by atoms with van der Waals surface area (Å²) in [7, 11) is 1.71. The van der Waals surface area contributed by atoms with Crippen molar-refractivity contribution in [3.05, 3.63) is 29.8 Å². The van der Waals surface area contributed by atoms with Crippen molar-refractivity contribution in [1.82, 2.24) is 4.90 Å². The molecular weight excluding hydrogens is 356 g/mol. The average molecular weight is 390 g/mol. The Balaban J connectivity index is 1.45. The molecule has 154 valence electrons. The topological polar surface area (TPSA) is 60.3 Å². The fourth-order valence-corrected chi connectivity index (χ4v) is 4.42. The van der Waals surface area contributed by atoms with E-state index in [1.54, 1.807) is 7.11 Å². The van der Waals surface area contributed by atoms with Gasteiger partial charge in [0.25, 0.3) is 0 Å². The average Bonchev–Trinajstić information content (AvgIpc) is 2.74. The van der Waals surface area contributed by atoms with Crippen LogP contribution in [0.25, 0.3) is 0 Å². The van der Waals surface area contributed by atoms with Crippen molar-refractivity contribution in [3.8, 4) is 5.75 Å². The van der Waals surface area contributed by atoms with E-state index in [0.29, 0.717) is 19.7 Å². The first-order valence-corrected chi connectivity index (χ1v) is 10.5. The van der Waals surface area contributed by atoms with Crippen LogP contribution >= 0.6 is 0 Å². The Labute approximate surface area is 167 Å². The summed E-state index contributed by atoms with van der Waals surface area (Å²) in [5, 5.41) is 0. The summed E-state index contributed by atoms with van der Waals surface area (Å²) in [5.74, 6) is 1.19. The van der Waals surface area contributed by atoms with Gasteiger partial charge in [-0.3, -0.25) is 9.59 Å². The lowest BCUT2D eigenvalue weighted by Crippen LogP contribution is -3.11. The van der Waals surface area contributed by atoms with E-state index in [1.165, 1.54) is 10.5 Å². The standard InChI is InChI=1S/C22H32N2O4/c1-3-28-22(26)18-10-14-24(15-11-18)21(25)17-8-12-23(13-9-17)16-19-6-4-5-7-20(19)27-2/h4-7,17-18H,3,8-16H2,1-2H3/p+1. The zero-order valence-corrected chi connectivity index (χ0v) is 17.1. The van der Waals surface area contributed by atoms with Crippen LogP contribution in [0.3, 0.4) is 0 Å². The smallest absolute Gasteiger partial charge is 0.309 e. The summed E-state index contributed by atoms with van der Waals surface area (Å²) in [6, 6.07) is 8.17. The molecule has 1 aromatic carbocycles. The molecular formula is C22H33N2O4+. The highest BCUT2D eigenvalue weighted by molar-refractivity contribution is 5.79. The van der Waals surface area contributed by atoms with E-state index in [4.69, 9.17) is 9.47 Å². The highest BCUT2D eigenvalue weighted by Gasteiger charge is 2.34. The van der Waals surface area contributed by atoms with Crippen molar-refractivity contribution in [1.29, 1.82) is 0 Å². The first kappa shape index (κ1) is 20.6. The van der Waals surface area contributed by atoms with Crippen molar-refractivity contribution in [2.75, 3.05) is 39.9 Å². The van der Waals surface area contributed by atoms with Gasteiger partial charge < -0.3 is 19.3 Å². The molecule has 0 atom stereocenters. The summed E-state index contributed by atoms with van der Waals surface area (Å²) in [6.07, 6.45) is 3.31. The summed E-state index contributed by atoms with van der Waals surface area (Å²) >= 11 is 0. The lowest BCUT2D eigenvalue weighted by atomic mass is 9.92. The summed E-state index contributed by atoms with van der Waals surface area (Å²) in [5.41, 5.74) is 1.23. The molecule has 0 unspecified atom stereocenters. The maximum Gasteiger partial charge on any atom is 0.309 e. The Bertz CT molecular complexity index is 662. The van der Waals surface area contributed by atoms with Gasteiger partial charge >= 0.3 is 5.97 Å². The van der Waals surface area contributed by atoms with Crippen LogP contribution in [0.4, 0.5) is 0 Å². The number of carbonyl (C=O) groups excluding carboxylic acids is 2. The quantitative estimate of drug-likeness (QED) is 0.745. The van der Waals surface area contributed by atoms with Crippen LogP contribution in [0.2, 0.25) is 0 Å². The molecule has 3 rings (SSSR count). The van der Waals surface area contributed by atoms with Crippen LogP contribution in [0.15, 0.2) is 24.3 Å². The SMILES string of the molecule is CCOC(=O)C1CCN(C(=O)C2CC[NH+](Cc3ccccc3OC)CC2)CC1. The monoisotopic (exact) mass is 389 g/mol. The van der Waals surface area contributed by atoms with Gasteiger partial charge in [0.15, 0.2) is 0 Å². The van der Waals surface area contributed by atoms with E-state index in [2.05, 4.69) is 6.07 Å². The zero-order valence-electron chi connectivity index (χ0n) is 17.1. The number of hydrogen-bond donors (Lipinski definition) is 1. The fraction of sp³-hybridized carbons (Fsp3) is 0.636. The number of nitrogens with one attached hydrogen (secondary N) is 1. The van der Waals surface area contributed by atoms with Crippen LogP contribution in [0.5, 0.6) is 5.75 Å². The molecule has 0 aromatic heterocycles. The van der Waals surface area contributed by atoms with E-state index >= 15 is 0 Å². The highest BCUT2D eigenvalue weighted by Crippen LogP contribution is 2.23. The minimum Gasteiger partial charge on any atom is -0.496 e. The molecule has 0 bridgehead atoms. The molecule has 2 saturated heterocycles. The number of likely N-dealkylation sites (tertiary alicyclic amines) is 2. The van der Waals surface area contributed by atoms with E-state index in [-0.39, 0.29) is 23.7 Å². The van der Waals surface area contributed by atoms with Crippen molar-refractivity contribution in [2.45, 2.75) is 39.2 Å².